The lowest BCUT2D eigenvalue weighted by Crippen LogP contribution is -2.17. The first-order chi connectivity index (χ1) is 13.7. The van der Waals surface area contributed by atoms with Gasteiger partial charge in [-0.3, -0.25) is 0 Å². The van der Waals surface area contributed by atoms with Crippen molar-refractivity contribution in [3.8, 4) is 11.5 Å². The van der Waals surface area contributed by atoms with E-state index < -0.39 is 0 Å². The molecule has 0 saturated heterocycles. The fourth-order valence-electron chi connectivity index (χ4n) is 2.90. The standard InChI is InChI=1S/C23H23ClFNO2.ClH/c1-27-22-8-4-6-18(15-26-14-13-17-9-11-20(25)12-10-17)23(22)28-16-19-5-2-3-7-21(19)24;/h2-12,26H,13-16H2,1H3;1H. The minimum absolute atomic E-state index is 0. The summed E-state index contributed by atoms with van der Waals surface area (Å²) in [7, 11) is 1.63. The molecule has 0 bridgehead atoms. The van der Waals surface area contributed by atoms with Crippen LogP contribution in [0.3, 0.4) is 0 Å². The molecule has 0 radical (unpaired) electrons. The Hall–Kier alpha value is -2.27. The molecule has 0 aromatic heterocycles. The molecule has 3 nitrogen and oxygen atoms in total. The van der Waals surface area contributed by atoms with Crippen LogP contribution in [0.4, 0.5) is 4.39 Å². The van der Waals surface area contributed by atoms with Crippen LogP contribution in [0.5, 0.6) is 11.5 Å². The van der Waals surface area contributed by atoms with E-state index in [9.17, 15) is 4.39 Å². The fraction of sp³-hybridized carbons (Fsp3) is 0.217. The second-order valence-corrected chi connectivity index (χ2v) is 6.79. The summed E-state index contributed by atoms with van der Waals surface area (Å²) in [4.78, 5) is 0. The van der Waals surface area contributed by atoms with E-state index in [0.29, 0.717) is 29.7 Å². The molecule has 29 heavy (non-hydrogen) atoms. The Morgan fingerprint density at radius 2 is 1.66 bits per heavy atom. The van der Waals surface area contributed by atoms with Gasteiger partial charge >= 0.3 is 0 Å². The van der Waals surface area contributed by atoms with Crippen LogP contribution in [0, 0.1) is 5.82 Å². The van der Waals surface area contributed by atoms with E-state index in [1.807, 2.05) is 42.5 Å². The molecule has 0 aliphatic carbocycles. The molecule has 1 N–H and O–H groups in total. The van der Waals surface area contributed by atoms with Gasteiger partial charge < -0.3 is 14.8 Å². The van der Waals surface area contributed by atoms with Crippen molar-refractivity contribution in [2.75, 3.05) is 13.7 Å². The van der Waals surface area contributed by atoms with Crippen LogP contribution in [0.25, 0.3) is 0 Å². The fourth-order valence-corrected chi connectivity index (χ4v) is 3.09. The third-order valence-corrected chi connectivity index (χ3v) is 4.80. The average molecular weight is 436 g/mol. The second kappa shape index (κ2) is 11.7. The van der Waals surface area contributed by atoms with Crippen LogP contribution in [-0.4, -0.2) is 13.7 Å². The van der Waals surface area contributed by atoms with Gasteiger partial charge in [0.25, 0.3) is 0 Å². The zero-order valence-corrected chi connectivity index (χ0v) is 17.7. The normalized spacial score (nSPS) is 10.3. The van der Waals surface area contributed by atoms with Crippen LogP contribution in [0.1, 0.15) is 16.7 Å². The molecule has 0 spiro atoms. The Morgan fingerprint density at radius 1 is 0.931 bits per heavy atom. The van der Waals surface area contributed by atoms with Crippen molar-refractivity contribution in [1.82, 2.24) is 5.32 Å². The summed E-state index contributed by atoms with van der Waals surface area (Å²) in [6.07, 6.45) is 0.820. The Kier molecular flexibility index (Phi) is 9.26. The summed E-state index contributed by atoms with van der Waals surface area (Å²) >= 11 is 6.23. The molecule has 154 valence electrons. The van der Waals surface area contributed by atoms with Gasteiger partial charge in [0.1, 0.15) is 12.4 Å². The maximum Gasteiger partial charge on any atom is 0.166 e. The van der Waals surface area contributed by atoms with E-state index in [2.05, 4.69) is 5.32 Å². The Labute approximate surface area is 182 Å². The lowest BCUT2D eigenvalue weighted by Gasteiger charge is -2.16. The smallest absolute Gasteiger partial charge is 0.166 e. The van der Waals surface area contributed by atoms with Crippen molar-refractivity contribution < 1.29 is 13.9 Å². The molecule has 0 amide bonds. The minimum atomic E-state index is -0.214. The lowest BCUT2D eigenvalue weighted by atomic mass is 10.1. The van der Waals surface area contributed by atoms with E-state index in [0.717, 1.165) is 29.7 Å². The number of hydrogen-bond acceptors (Lipinski definition) is 3. The van der Waals surface area contributed by atoms with Gasteiger partial charge in [-0.25, -0.2) is 4.39 Å². The van der Waals surface area contributed by atoms with Crippen LogP contribution in [0.15, 0.2) is 66.7 Å². The molecule has 0 heterocycles. The van der Waals surface area contributed by atoms with Crippen LogP contribution >= 0.6 is 24.0 Å². The first-order valence-corrected chi connectivity index (χ1v) is 9.52. The first kappa shape index (κ1) is 23.0. The highest BCUT2D eigenvalue weighted by atomic mass is 35.5. The van der Waals surface area contributed by atoms with Crippen LogP contribution in [-0.2, 0) is 19.6 Å². The largest absolute Gasteiger partial charge is 0.493 e. The van der Waals surface area contributed by atoms with E-state index in [1.165, 1.54) is 12.1 Å². The van der Waals surface area contributed by atoms with Crippen molar-refractivity contribution >= 4 is 24.0 Å². The molecule has 0 fully saturated rings. The highest BCUT2D eigenvalue weighted by Crippen LogP contribution is 2.32. The summed E-state index contributed by atoms with van der Waals surface area (Å²) < 4.78 is 24.5. The topological polar surface area (TPSA) is 30.5 Å². The number of rotatable bonds is 9. The number of nitrogens with one attached hydrogen (secondary N) is 1. The van der Waals surface area contributed by atoms with Crippen molar-refractivity contribution in [3.63, 3.8) is 0 Å². The number of halogens is 3. The summed E-state index contributed by atoms with van der Waals surface area (Å²) in [6, 6.07) is 20.0. The second-order valence-electron chi connectivity index (χ2n) is 6.38. The summed E-state index contributed by atoms with van der Waals surface area (Å²) in [5.74, 6) is 1.18. The number of ether oxygens (including phenoxy) is 2. The van der Waals surface area contributed by atoms with Gasteiger partial charge in [-0.05, 0) is 42.8 Å². The maximum absolute atomic E-state index is 13.0. The summed E-state index contributed by atoms with van der Waals surface area (Å²) in [5.41, 5.74) is 3.02. The molecular formula is C23H24Cl2FNO2. The Morgan fingerprint density at radius 3 is 2.38 bits per heavy atom. The molecule has 3 aromatic carbocycles. The third-order valence-electron chi connectivity index (χ3n) is 4.43. The molecule has 0 atom stereocenters. The van der Waals surface area contributed by atoms with Crippen molar-refractivity contribution in [2.24, 2.45) is 0 Å². The zero-order chi connectivity index (χ0) is 19.8. The van der Waals surface area contributed by atoms with E-state index >= 15 is 0 Å². The van der Waals surface area contributed by atoms with Crippen molar-refractivity contribution in [2.45, 2.75) is 19.6 Å². The molecule has 3 rings (SSSR count). The molecular weight excluding hydrogens is 412 g/mol. The van der Waals surface area contributed by atoms with E-state index in [4.69, 9.17) is 21.1 Å². The lowest BCUT2D eigenvalue weighted by molar-refractivity contribution is 0.280. The quantitative estimate of drug-likeness (QED) is 0.429. The summed E-state index contributed by atoms with van der Waals surface area (Å²) in [5, 5.41) is 4.09. The third kappa shape index (κ3) is 6.64. The predicted octanol–water partition coefficient (Wildman–Crippen LogP) is 5.82. The van der Waals surface area contributed by atoms with Gasteiger partial charge in [-0.1, -0.05) is 54.1 Å². The predicted molar refractivity (Wildman–Crippen MR) is 118 cm³/mol. The van der Waals surface area contributed by atoms with Crippen LogP contribution in [0.2, 0.25) is 5.02 Å². The van der Waals surface area contributed by atoms with Crippen molar-refractivity contribution in [3.05, 3.63) is 94.3 Å². The van der Waals surface area contributed by atoms with Gasteiger partial charge in [-0.2, -0.15) is 0 Å². The zero-order valence-electron chi connectivity index (χ0n) is 16.2. The molecule has 0 aliphatic heterocycles. The number of benzene rings is 3. The van der Waals surface area contributed by atoms with Gasteiger partial charge in [0.05, 0.1) is 7.11 Å². The highest BCUT2D eigenvalue weighted by molar-refractivity contribution is 6.31. The van der Waals surface area contributed by atoms with E-state index in [-0.39, 0.29) is 18.2 Å². The SMILES string of the molecule is COc1cccc(CNCCc2ccc(F)cc2)c1OCc1ccccc1Cl.Cl. The number of para-hydroxylation sites is 1. The van der Waals surface area contributed by atoms with Gasteiger partial charge in [-0.15, -0.1) is 12.4 Å². The molecule has 0 unspecified atom stereocenters. The summed E-state index contributed by atoms with van der Waals surface area (Å²) in [6.45, 7) is 1.77. The molecule has 3 aromatic rings. The molecule has 0 saturated carbocycles. The average Bonchev–Trinajstić information content (AvgIpc) is 2.72. The monoisotopic (exact) mass is 435 g/mol. The number of hydrogen-bond donors (Lipinski definition) is 1. The van der Waals surface area contributed by atoms with E-state index in [1.54, 1.807) is 19.2 Å². The van der Waals surface area contributed by atoms with Gasteiger partial charge in [0.15, 0.2) is 11.5 Å². The minimum Gasteiger partial charge on any atom is -0.493 e. The van der Waals surface area contributed by atoms with Gasteiger partial charge in [0, 0.05) is 22.7 Å². The molecule has 0 aliphatic rings. The maximum atomic E-state index is 13.0. The van der Waals surface area contributed by atoms with Crippen LogP contribution < -0.4 is 14.8 Å². The Bertz CT molecular complexity index is 904. The highest BCUT2D eigenvalue weighted by Gasteiger charge is 2.11. The number of methoxy groups -OCH3 is 1. The molecule has 6 heteroatoms. The first-order valence-electron chi connectivity index (χ1n) is 9.14. The Balaban J connectivity index is 0.00000300. The van der Waals surface area contributed by atoms with Gasteiger partial charge in [0.2, 0.25) is 0 Å². The van der Waals surface area contributed by atoms with Crippen molar-refractivity contribution in [1.29, 1.82) is 0 Å².